The number of hydrogen-bond acceptors (Lipinski definition) is 4. The van der Waals surface area contributed by atoms with E-state index in [1.165, 1.54) is 11.1 Å². The van der Waals surface area contributed by atoms with Crippen LogP contribution in [0.25, 0.3) is 0 Å². The molecule has 3 aliphatic rings. The van der Waals surface area contributed by atoms with E-state index in [9.17, 15) is 4.79 Å². The lowest BCUT2D eigenvalue weighted by Gasteiger charge is -2.29. The quantitative estimate of drug-likeness (QED) is 0.871. The third-order valence-electron chi connectivity index (χ3n) is 6.91. The summed E-state index contributed by atoms with van der Waals surface area (Å²) in [5, 5.41) is 3.11. The lowest BCUT2D eigenvalue weighted by atomic mass is 9.73. The molecule has 0 unspecified atom stereocenters. The van der Waals surface area contributed by atoms with Gasteiger partial charge in [0.25, 0.3) is 5.91 Å². The van der Waals surface area contributed by atoms with Crippen LogP contribution in [-0.4, -0.2) is 47.1 Å². The first-order chi connectivity index (χ1) is 13.6. The molecule has 28 heavy (non-hydrogen) atoms. The fourth-order valence-corrected chi connectivity index (χ4v) is 5.51. The molecule has 1 aromatic heterocycles. The molecule has 5 rings (SSSR count). The number of likely N-dealkylation sites (tertiary alicyclic amines) is 1. The molecule has 0 saturated carbocycles. The van der Waals surface area contributed by atoms with E-state index < -0.39 is 0 Å². The average molecular weight is 377 g/mol. The van der Waals surface area contributed by atoms with Gasteiger partial charge in [0.15, 0.2) is 0 Å². The lowest BCUT2D eigenvalue weighted by Crippen LogP contribution is -2.42. The zero-order valence-corrected chi connectivity index (χ0v) is 16.3. The van der Waals surface area contributed by atoms with Gasteiger partial charge in [0, 0.05) is 44.2 Å². The zero-order valence-electron chi connectivity index (χ0n) is 16.3. The van der Waals surface area contributed by atoms with Crippen LogP contribution in [0.15, 0.2) is 48.7 Å². The molecule has 3 aliphatic heterocycles. The molecule has 1 spiro atoms. The summed E-state index contributed by atoms with van der Waals surface area (Å²) in [6, 6.07) is 14.1. The van der Waals surface area contributed by atoms with Crippen molar-refractivity contribution in [1.29, 1.82) is 0 Å². The molecule has 2 bridgehead atoms. The first-order valence-corrected chi connectivity index (χ1v) is 10.3. The maximum absolute atomic E-state index is 12.4. The van der Waals surface area contributed by atoms with Gasteiger partial charge in [-0.15, -0.1) is 0 Å². The topological polar surface area (TPSA) is 54.5 Å². The Morgan fingerprint density at radius 2 is 2.14 bits per heavy atom. The van der Waals surface area contributed by atoms with Crippen molar-refractivity contribution in [2.24, 2.45) is 11.8 Å². The molecule has 5 heteroatoms. The van der Waals surface area contributed by atoms with Gasteiger partial charge < -0.3 is 10.1 Å². The van der Waals surface area contributed by atoms with E-state index in [1.54, 1.807) is 12.3 Å². The van der Waals surface area contributed by atoms with Crippen molar-refractivity contribution in [2.75, 3.05) is 19.6 Å². The summed E-state index contributed by atoms with van der Waals surface area (Å²) < 4.78 is 6.52. The Balaban J connectivity index is 1.26. The van der Waals surface area contributed by atoms with Crippen LogP contribution >= 0.6 is 0 Å². The molecule has 4 heterocycles. The van der Waals surface area contributed by atoms with Crippen molar-refractivity contribution in [1.82, 2.24) is 15.2 Å². The number of ether oxygens (including phenoxy) is 1. The summed E-state index contributed by atoms with van der Waals surface area (Å²) in [7, 11) is 0. The number of aryl methyl sites for hydroxylation is 1. The SMILES string of the molecule is Cc1ccccc1CN1C[C@@H]2[C@H](CNC(=O)c3ccccn3)[C@H]3CC[C@]2(C1)O3. The van der Waals surface area contributed by atoms with Gasteiger partial charge >= 0.3 is 0 Å². The van der Waals surface area contributed by atoms with Gasteiger partial charge in [-0.05, 0) is 43.0 Å². The Morgan fingerprint density at radius 3 is 2.96 bits per heavy atom. The largest absolute Gasteiger partial charge is 0.370 e. The number of amides is 1. The summed E-state index contributed by atoms with van der Waals surface area (Å²) in [5.74, 6) is 0.801. The highest BCUT2D eigenvalue weighted by molar-refractivity contribution is 5.92. The molecule has 1 aromatic carbocycles. The molecule has 1 N–H and O–H groups in total. The molecule has 146 valence electrons. The number of rotatable bonds is 5. The van der Waals surface area contributed by atoms with Gasteiger partial charge in [0.1, 0.15) is 5.69 Å². The van der Waals surface area contributed by atoms with E-state index in [2.05, 4.69) is 46.4 Å². The van der Waals surface area contributed by atoms with Crippen LogP contribution in [0.4, 0.5) is 0 Å². The molecular weight excluding hydrogens is 350 g/mol. The van der Waals surface area contributed by atoms with Gasteiger partial charge in [-0.25, -0.2) is 0 Å². The standard InChI is InChI=1S/C23H27N3O2/c1-16-6-2-3-7-17(16)13-26-14-19-18(21-9-10-23(19,15-26)28-21)12-25-22(27)20-8-4-5-11-24-20/h2-8,11,18-19,21H,9-10,12-15H2,1H3,(H,25,27)/t18-,19+,21+,23+/m0/s1. The van der Waals surface area contributed by atoms with Crippen molar-refractivity contribution in [3.8, 4) is 0 Å². The first kappa shape index (κ1) is 17.8. The van der Waals surface area contributed by atoms with Crippen molar-refractivity contribution in [3.63, 3.8) is 0 Å². The number of benzene rings is 1. The fourth-order valence-electron chi connectivity index (χ4n) is 5.51. The van der Waals surface area contributed by atoms with Crippen molar-refractivity contribution in [3.05, 3.63) is 65.5 Å². The molecule has 0 radical (unpaired) electrons. The summed E-state index contributed by atoms with van der Waals surface area (Å²) in [6.07, 6.45) is 4.20. The molecule has 4 atom stereocenters. The van der Waals surface area contributed by atoms with Gasteiger partial charge in [-0.3, -0.25) is 14.7 Å². The number of nitrogens with one attached hydrogen (secondary N) is 1. The van der Waals surface area contributed by atoms with E-state index in [-0.39, 0.29) is 17.6 Å². The Kier molecular flexibility index (Phi) is 4.44. The second kappa shape index (κ2) is 6.98. The number of hydrogen-bond donors (Lipinski definition) is 1. The average Bonchev–Trinajstić information content (AvgIpc) is 3.37. The van der Waals surface area contributed by atoms with E-state index in [1.807, 2.05) is 12.1 Å². The molecule has 3 fully saturated rings. The summed E-state index contributed by atoms with van der Waals surface area (Å²) in [6.45, 7) is 5.89. The molecular formula is C23H27N3O2. The van der Waals surface area contributed by atoms with Crippen LogP contribution in [-0.2, 0) is 11.3 Å². The fraction of sp³-hybridized carbons (Fsp3) is 0.478. The number of carbonyl (C=O) groups excluding carboxylic acids is 1. The zero-order chi connectivity index (χ0) is 19.1. The molecule has 0 aliphatic carbocycles. The summed E-state index contributed by atoms with van der Waals surface area (Å²) in [5.41, 5.74) is 3.22. The molecule has 1 amide bonds. The molecule has 2 aromatic rings. The van der Waals surface area contributed by atoms with Crippen LogP contribution in [0.1, 0.15) is 34.5 Å². The number of pyridine rings is 1. The van der Waals surface area contributed by atoms with E-state index in [4.69, 9.17) is 4.74 Å². The van der Waals surface area contributed by atoms with Crippen molar-refractivity contribution < 1.29 is 9.53 Å². The van der Waals surface area contributed by atoms with Gasteiger partial charge in [0.2, 0.25) is 0 Å². The van der Waals surface area contributed by atoms with Crippen LogP contribution in [0.3, 0.4) is 0 Å². The van der Waals surface area contributed by atoms with Crippen molar-refractivity contribution in [2.45, 2.75) is 38.0 Å². The van der Waals surface area contributed by atoms with Gasteiger partial charge in [0.05, 0.1) is 11.7 Å². The van der Waals surface area contributed by atoms with Crippen molar-refractivity contribution >= 4 is 5.91 Å². The van der Waals surface area contributed by atoms with E-state index >= 15 is 0 Å². The third-order valence-corrected chi connectivity index (χ3v) is 6.91. The van der Waals surface area contributed by atoms with Gasteiger partial charge in [-0.2, -0.15) is 0 Å². The second-order valence-electron chi connectivity index (χ2n) is 8.55. The number of carbonyl (C=O) groups is 1. The van der Waals surface area contributed by atoms with Crippen LogP contribution in [0.5, 0.6) is 0 Å². The summed E-state index contributed by atoms with van der Waals surface area (Å²) >= 11 is 0. The lowest BCUT2D eigenvalue weighted by molar-refractivity contribution is 0.00210. The third kappa shape index (κ3) is 3.03. The Hall–Kier alpha value is -2.24. The van der Waals surface area contributed by atoms with Crippen LogP contribution in [0.2, 0.25) is 0 Å². The monoisotopic (exact) mass is 377 g/mol. The highest BCUT2D eigenvalue weighted by atomic mass is 16.5. The minimum absolute atomic E-state index is 0.00621. The van der Waals surface area contributed by atoms with E-state index in [0.29, 0.717) is 24.1 Å². The maximum Gasteiger partial charge on any atom is 0.269 e. The Labute approximate surface area is 166 Å². The molecule has 3 saturated heterocycles. The summed E-state index contributed by atoms with van der Waals surface area (Å²) in [4.78, 5) is 19.1. The maximum atomic E-state index is 12.4. The predicted molar refractivity (Wildman–Crippen MR) is 107 cm³/mol. The number of aromatic nitrogens is 1. The first-order valence-electron chi connectivity index (χ1n) is 10.3. The van der Waals surface area contributed by atoms with Gasteiger partial charge in [-0.1, -0.05) is 30.3 Å². The normalized spacial score (nSPS) is 31.1. The number of nitrogens with zero attached hydrogens (tertiary/aromatic N) is 2. The highest BCUT2D eigenvalue weighted by Crippen LogP contribution is 2.54. The Morgan fingerprint density at radius 1 is 1.29 bits per heavy atom. The Bertz CT molecular complexity index is 871. The smallest absolute Gasteiger partial charge is 0.269 e. The second-order valence-corrected chi connectivity index (χ2v) is 8.55. The predicted octanol–water partition coefficient (Wildman–Crippen LogP) is 2.80. The van der Waals surface area contributed by atoms with Crippen LogP contribution < -0.4 is 5.32 Å². The van der Waals surface area contributed by atoms with E-state index in [0.717, 1.165) is 32.5 Å². The minimum Gasteiger partial charge on any atom is -0.370 e. The van der Waals surface area contributed by atoms with Crippen LogP contribution in [0, 0.1) is 18.8 Å². The minimum atomic E-state index is -0.0906. The molecule has 5 nitrogen and oxygen atoms in total. The highest BCUT2D eigenvalue weighted by Gasteiger charge is 2.62. The number of fused-ring (bicyclic) bond motifs is 1.